The van der Waals surface area contributed by atoms with E-state index in [1.54, 1.807) is 19.2 Å². The molecule has 1 aliphatic rings. The number of methoxy groups -OCH3 is 1. The molecule has 8 nitrogen and oxygen atoms in total. The number of benzene rings is 1. The van der Waals surface area contributed by atoms with Gasteiger partial charge in [-0.2, -0.15) is 0 Å². The molecule has 0 saturated carbocycles. The number of halogens is 2. The van der Waals surface area contributed by atoms with Crippen molar-refractivity contribution in [2.75, 3.05) is 7.11 Å². The third kappa shape index (κ3) is 6.72. The molecule has 33 heavy (non-hydrogen) atoms. The second-order valence-corrected chi connectivity index (χ2v) is 7.68. The van der Waals surface area contributed by atoms with Crippen LogP contribution in [0.2, 0.25) is 0 Å². The Morgan fingerprint density at radius 2 is 1.88 bits per heavy atom. The summed E-state index contributed by atoms with van der Waals surface area (Å²) in [5.74, 6) is -2.15. The van der Waals surface area contributed by atoms with Crippen molar-refractivity contribution in [2.45, 2.75) is 44.7 Å². The van der Waals surface area contributed by atoms with Gasteiger partial charge in [-0.25, -0.2) is 14.3 Å². The highest BCUT2D eigenvalue weighted by Crippen LogP contribution is 2.21. The van der Waals surface area contributed by atoms with Gasteiger partial charge in [-0.05, 0) is 55.2 Å². The standard InChI is InChI=1S/C23H27F2N3O5/c1-14(29)27-23(2,22(24)25)19(21(31)28-32)26-20(30)17-10-6-15(7-11-17)4-5-16-8-12-18(33-3)13-9-16/h5-8,10-13,19,22,32H,4,9H2,1-3H3,(H,26,30)(H,27,29)(H,28,31). The van der Waals surface area contributed by atoms with Crippen molar-refractivity contribution in [3.63, 3.8) is 0 Å². The molecule has 0 aromatic heterocycles. The summed E-state index contributed by atoms with van der Waals surface area (Å²) in [6.45, 7) is 1.90. The maximum absolute atomic E-state index is 13.7. The molecule has 1 aromatic carbocycles. The zero-order valence-electron chi connectivity index (χ0n) is 18.5. The summed E-state index contributed by atoms with van der Waals surface area (Å²) in [4.78, 5) is 36.1. The van der Waals surface area contributed by atoms with Gasteiger partial charge >= 0.3 is 0 Å². The molecule has 0 fully saturated rings. The molecule has 178 valence electrons. The van der Waals surface area contributed by atoms with E-state index in [4.69, 9.17) is 9.94 Å². The number of amides is 3. The molecule has 1 aliphatic carbocycles. The van der Waals surface area contributed by atoms with Crippen molar-refractivity contribution in [3.8, 4) is 0 Å². The third-order valence-electron chi connectivity index (χ3n) is 5.20. The number of ether oxygens (including phenoxy) is 1. The maximum Gasteiger partial charge on any atom is 0.268 e. The average Bonchev–Trinajstić information content (AvgIpc) is 2.80. The Morgan fingerprint density at radius 1 is 1.21 bits per heavy atom. The lowest BCUT2D eigenvalue weighted by atomic mass is 9.91. The molecular weight excluding hydrogens is 436 g/mol. The van der Waals surface area contributed by atoms with Crippen LogP contribution in [-0.2, 0) is 20.7 Å². The maximum atomic E-state index is 13.7. The fourth-order valence-corrected chi connectivity index (χ4v) is 3.29. The van der Waals surface area contributed by atoms with Gasteiger partial charge in [-0.15, -0.1) is 0 Å². The van der Waals surface area contributed by atoms with Crippen molar-refractivity contribution in [2.24, 2.45) is 0 Å². The first kappa shape index (κ1) is 25.7. The fraction of sp³-hybridized carbons (Fsp3) is 0.348. The molecule has 0 heterocycles. The molecule has 2 unspecified atom stereocenters. The first-order chi connectivity index (χ1) is 15.6. The minimum Gasteiger partial charge on any atom is -0.497 e. The molecule has 0 aliphatic heterocycles. The smallest absolute Gasteiger partial charge is 0.268 e. The van der Waals surface area contributed by atoms with Gasteiger partial charge in [-0.3, -0.25) is 19.6 Å². The van der Waals surface area contributed by atoms with E-state index in [-0.39, 0.29) is 5.56 Å². The highest BCUT2D eigenvalue weighted by Gasteiger charge is 2.48. The van der Waals surface area contributed by atoms with Crippen LogP contribution in [0.5, 0.6) is 0 Å². The van der Waals surface area contributed by atoms with Crippen LogP contribution in [0.15, 0.2) is 59.9 Å². The van der Waals surface area contributed by atoms with Crippen LogP contribution < -0.4 is 16.1 Å². The van der Waals surface area contributed by atoms with Crippen LogP contribution in [0.3, 0.4) is 0 Å². The Balaban J connectivity index is 2.12. The minimum absolute atomic E-state index is 0.117. The molecule has 0 radical (unpaired) electrons. The normalized spacial score (nSPS) is 17.1. The Labute approximate surface area is 190 Å². The van der Waals surface area contributed by atoms with Gasteiger partial charge in [0.05, 0.1) is 7.11 Å². The Kier molecular flexibility index (Phi) is 8.86. The molecule has 0 bridgehead atoms. The molecule has 3 amide bonds. The molecule has 2 rings (SSSR count). The molecule has 2 atom stereocenters. The second kappa shape index (κ2) is 11.4. The summed E-state index contributed by atoms with van der Waals surface area (Å²) in [6.07, 6.45) is 5.97. The lowest BCUT2D eigenvalue weighted by Gasteiger charge is -2.36. The van der Waals surface area contributed by atoms with Gasteiger partial charge in [-0.1, -0.05) is 24.3 Å². The molecule has 0 saturated heterocycles. The van der Waals surface area contributed by atoms with E-state index in [0.717, 1.165) is 37.2 Å². The predicted molar refractivity (Wildman–Crippen MR) is 116 cm³/mol. The highest BCUT2D eigenvalue weighted by atomic mass is 19.3. The second-order valence-electron chi connectivity index (χ2n) is 7.68. The molecule has 1 aromatic rings. The number of rotatable bonds is 9. The van der Waals surface area contributed by atoms with Crippen molar-refractivity contribution in [3.05, 3.63) is 71.0 Å². The summed E-state index contributed by atoms with van der Waals surface area (Å²) >= 11 is 0. The van der Waals surface area contributed by atoms with Crippen LogP contribution in [-0.4, -0.2) is 48.0 Å². The Morgan fingerprint density at radius 3 is 2.36 bits per heavy atom. The van der Waals surface area contributed by atoms with Gasteiger partial charge in [0.2, 0.25) is 5.91 Å². The van der Waals surface area contributed by atoms with E-state index in [9.17, 15) is 23.2 Å². The van der Waals surface area contributed by atoms with E-state index in [1.165, 1.54) is 17.6 Å². The van der Waals surface area contributed by atoms with Crippen LogP contribution >= 0.6 is 0 Å². The van der Waals surface area contributed by atoms with Crippen molar-refractivity contribution >= 4 is 17.7 Å². The van der Waals surface area contributed by atoms with Crippen molar-refractivity contribution in [1.29, 1.82) is 0 Å². The van der Waals surface area contributed by atoms with Crippen molar-refractivity contribution < 1.29 is 33.1 Å². The largest absolute Gasteiger partial charge is 0.497 e. The Bertz CT molecular complexity index is 973. The third-order valence-corrected chi connectivity index (χ3v) is 5.20. The van der Waals surface area contributed by atoms with Gasteiger partial charge in [0.25, 0.3) is 18.2 Å². The topological polar surface area (TPSA) is 117 Å². The number of hydrogen-bond acceptors (Lipinski definition) is 5. The van der Waals surface area contributed by atoms with Crippen LogP contribution in [0.4, 0.5) is 8.78 Å². The number of carbonyl (C=O) groups excluding carboxylic acids is 3. The van der Waals surface area contributed by atoms with Gasteiger partial charge < -0.3 is 15.4 Å². The number of allylic oxidation sites excluding steroid dienone is 5. The summed E-state index contributed by atoms with van der Waals surface area (Å²) in [5.41, 5.74) is 0.943. The van der Waals surface area contributed by atoms with Crippen LogP contribution in [0.25, 0.3) is 0 Å². The number of nitrogens with one attached hydrogen (secondary N) is 3. The quantitative estimate of drug-likeness (QED) is 0.332. The molecular formula is C23H27F2N3O5. The number of hydrogen-bond donors (Lipinski definition) is 4. The summed E-state index contributed by atoms with van der Waals surface area (Å²) in [7, 11) is 1.61. The van der Waals surface area contributed by atoms with Crippen LogP contribution in [0, 0.1) is 0 Å². The first-order valence-corrected chi connectivity index (χ1v) is 10.1. The lowest BCUT2D eigenvalue weighted by Crippen LogP contribution is -2.68. The number of carbonyl (C=O) groups is 3. The van der Waals surface area contributed by atoms with E-state index >= 15 is 0 Å². The average molecular weight is 463 g/mol. The van der Waals surface area contributed by atoms with Gasteiger partial charge in [0.15, 0.2) is 0 Å². The minimum atomic E-state index is -3.22. The number of hydroxylamine groups is 1. The summed E-state index contributed by atoms with van der Waals surface area (Å²) in [5, 5.41) is 13.1. The summed E-state index contributed by atoms with van der Waals surface area (Å²) in [6, 6.07) is 4.46. The van der Waals surface area contributed by atoms with Crippen molar-refractivity contribution in [1.82, 2.24) is 16.1 Å². The first-order valence-electron chi connectivity index (χ1n) is 10.1. The zero-order valence-corrected chi connectivity index (χ0v) is 18.5. The molecule has 0 spiro atoms. The highest BCUT2D eigenvalue weighted by molar-refractivity contribution is 5.98. The van der Waals surface area contributed by atoms with Crippen LogP contribution in [0.1, 0.15) is 36.2 Å². The van der Waals surface area contributed by atoms with Gasteiger partial charge in [0.1, 0.15) is 17.3 Å². The van der Waals surface area contributed by atoms with E-state index < -0.39 is 35.7 Å². The monoisotopic (exact) mass is 463 g/mol. The van der Waals surface area contributed by atoms with E-state index in [1.807, 2.05) is 29.6 Å². The fourth-order valence-electron chi connectivity index (χ4n) is 3.29. The summed E-state index contributed by atoms with van der Waals surface area (Å²) < 4.78 is 32.6. The van der Waals surface area contributed by atoms with Gasteiger partial charge in [0, 0.05) is 12.5 Å². The Hall–Kier alpha value is -3.53. The number of alkyl halides is 2. The zero-order chi connectivity index (χ0) is 24.6. The molecule has 10 heteroatoms. The molecule has 4 N–H and O–H groups in total. The SMILES string of the molecule is COC1=CCC(=CCc2ccc(C(=O)NC(C(=O)NO)C(C)(NC(C)=O)C(F)F)cc2)C=C1. The van der Waals surface area contributed by atoms with E-state index in [0.29, 0.717) is 6.42 Å². The van der Waals surface area contributed by atoms with E-state index in [2.05, 4.69) is 5.32 Å². The predicted octanol–water partition coefficient (Wildman–Crippen LogP) is 2.41. The lowest BCUT2D eigenvalue weighted by molar-refractivity contribution is -0.137.